The summed E-state index contributed by atoms with van der Waals surface area (Å²) in [6.45, 7) is 7.91. The highest BCUT2D eigenvalue weighted by Crippen LogP contribution is 2.27. The Balaban J connectivity index is 0.000000359. The van der Waals surface area contributed by atoms with E-state index in [9.17, 15) is 13.2 Å². The number of H-pyrrole nitrogens is 1. The molecule has 3 N–H and O–H groups in total. The fraction of sp³-hybridized carbons (Fsp3) is 0.312. The van der Waals surface area contributed by atoms with Crippen LogP contribution in [0.5, 0.6) is 11.5 Å². The Morgan fingerprint density at radius 3 is 2.14 bits per heavy atom. The Labute approximate surface area is 252 Å². The molecule has 43 heavy (non-hydrogen) atoms. The summed E-state index contributed by atoms with van der Waals surface area (Å²) in [5.74, 6) is 1.42. The summed E-state index contributed by atoms with van der Waals surface area (Å²) < 4.78 is 39.5. The second kappa shape index (κ2) is 14.7. The van der Waals surface area contributed by atoms with Crippen molar-refractivity contribution in [2.45, 2.75) is 44.9 Å². The average Bonchev–Trinajstić information content (AvgIpc) is 3.31. The minimum atomic E-state index is -3.52. The molecule has 1 aromatic heterocycles. The van der Waals surface area contributed by atoms with Crippen LogP contribution in [0, 0.1) is 6.92 Å². The van der Waals surface area contributed by atoms with Crippen molar-refractivity contribution in [1.29, 1.82) is 0 Å². The summed E-state index contributed by atoms with van der Waals surface area (Å²) in [4.78, 5) is 17.7. The van der Waals surface area contributed by atoms with Crippen molar-refractivity contribution in [1.82, 2.24) is 14.1 Å². The Hall–Kier alpha value is -4.35. The molecule has 4 aromatic rings. The maximum absolute atomic E-state index is 13.0. The molecule has 0 bridgehead atoms. The first kappa shape index (κ1) is 31.6. The van der Waals surface area contributed by atoms with Gasteiger partial charge in [0.1, 0.15) is 17.2 Å². The third-order valence-corrected chi connectivity index (χ3v) is 8.79. The molecular formula is C32H39N5O5S. The van der Waals surface area contributed by atoms with E-state index in [-0.39, 0.29) is 10.5 Å². The first-order chi connectivity index (χ1) is 20.8. The van der Waals surface area contributed by atoms with Crippen LogP contribution < -0.4 is 20.8 Å². The zero-order valence-corrected chi connectivity index (χ0v) is 25.6. The number of hydrogen-bond acceptors (Lipinski definition) is 7. The summed E-state index contributed by atoms with van der Waals surface area (Å²) >= 11 is 0. The van der Waals surface area contributed by atoms with E-state index in [0.717, 1.165) is 25.0 Å². The van der Waals surface area contributed by atoms with Gasteiger partial charge in [-0.25, -0.2) is 13.1 Å². The summed E-state index contributed by atoms with van der Waals surface area (Å²) in [7, 11) is -3.52. The quantitative estimate of drug-likeness (QED) is 0.192. The molecule has 5 rings (SSSR count). The number of aliphatic imine (C=N–C) groups is 1. The molecule has 1 fully saturated rings. The second-order valence-corrected chi connectivity index (χ2v) is 11.8. The number of nitrogens with one attached hydrogen (secondary N) is 1. The van der Waals surface area contributed by atoms with Gasteiger partial charge in [-0.1, -0.05) is 30.7 Å². The second-order valence-electron chi connectivity index (χ2n) is 9.88. The Morgan fingerprint density at radius 1 is 0.884 bits per heavy atom. The number of anilines is 1. The van der Waals surface area contributed by atoms with Crippen molar-refractivity contribution < 1.29 is 17.9 Å². The molecule has 11 heteroatoms. The highest BCUT2D eigenvalue weighted by atomic mass is 32.2. The first-order valence-electron chi connectivity index (χ1n) is 14.4. The van der Waals surface area contributed by atoms with Crippen LogP contribution in [-0.4, -0.2) is 55.0 Å². The van der Waals surface area contributed by atoms with E-state index in [4.69, 9.17) is 15.2 Å². The van der Waals surface area contributed by atoms with Crippen molar-refractivity contribution >= 4 is 27.6 Å². The van der Waals surface area contributed by atoms with E-state index in [1.165, 1.54) is 15.2 Å². The largest absolute Gasteiger partial charge is 0.492 e. The maximum Gasteiger partial charge on any atom is 0.280 e. The van der Waals surface area contributed by atoms with Gasteiger partial charge in [0, 0.05) is 25.0 Å². The lowest BCUT2D eigenvalue weighted by molar-refractivity contribution is 0.341. The van der Waals surface area contributed by atoms with Crippen LogP contribution in [0.2, 0.25) is 0 Å². The van der Waals surface area contributed by atoms with Crippen LogP contribution in [0.15, 0.2) is 87.5 Å². The molecule has 0 spiro atoms. The van der Waals surface area contributed by atoms with Crippen LogP contribution in [0.3, 0.4) is 0 Å². The van der Waals surface area contributed by atoms with Crippen LogP contribution in [0.1, 0.15) is 44.4 Å². The Kier molecular flexibility index (Phi) is 10.8. The number of aromatic nitrogens is 2. The lowest BCUT2D eigenvalue weighted by atomic mass is 10.2. The topological polar surface area (TPSA) is 132 Å². The number of ether oxygens (including phenoxy) is 2. The molecule has 0 amide bonds. The van der Waals surface area contributed by atoms with Gasteiger partial charge in [0.15, 0.2) is 0 Å². The third kappa shape index (κ3) is 7.74. The number of rotatable bonds is 9. The molecule has 1 aliphatic heterocycles. The fourth-order valence-electron chi connectivity index (χ4n) is 4.66. The SMILES string of the molecule is CCOc1ccccc1N.CCOc1ccccc1N=Cc1c(C)[nH]n(-c2ccc(S(=O)(=O)N3CCCCC3)cc2)c1=O. The smallest absolute Gasteiger partial charge is 0.280 e. The van der Waals surface area contributed by atoms with E-state index in [1.807, 2.05) is 62.4 Å². The number of sulfonamides is 1. The molecule has 0 atom stereocenters. The number of nitrogens with zero attached hydrogens (tertiary/aromatic N) is 3. The molecule has 0 unspecified atom stereocenters. The fourth-order valence-corrected chi connectivity index (χ4v) is 6.17. The lowest BCUT2D eigenvalue weighted by Gasteiger charge is -2.25. The van der Waals surface area contributed by atoms with Crippen LogP contribution >= 0.6 is 0 Å². The Morgan fingerprint density at radius 2 is 1.49 bits per heavy atom. The van der Waals surface area contributed by atoms with E-state index in [2.05, 4.69) is 10.1 Å². The van der Waals surface area contributed by atoms with E-state index >= 15 is 0 Å². The van der Waals surface area contributed by atoms with Crippen molar-refractivity contribution in [2.75, 3.05) is 32.0 Å². The molecule has 3 aromatic carbocycles. The van der Waals surface area contributed by atoms with Crippen molar-refractivity contribution in [2.24, 2.45) is 4.99 Å². The minimum absolute atomic E-state index is 0.235. The van der Waals surface area contributed by atoms with Gasteiger partial charge in [0.05, 0.1) is 35.0 Å². The molecule has 1 saturated heterocycles. The number of aromatic amines is 1. The monoisotopic (exact) mass is 605 g/mol. The Bertz CT molecular complexity index is 1690. The van der Waals surface area contributed by atoms with Crippen LogP contribution in [0.4, 0.5) is 11.4 Å². The first-order valence-corrected chi connectivity index (χ1v) is 15.9. The van der Waals surface area contributed by atoms with Crippen molar-refractivity contribution in [3.05, 3.63) is 94.4 Å². The average molecular weight is 606 g/mol. The summed E-state index contributed by atoms with van der Waals surface area (Å²) in [5.41, 5.74) is 8.28. The van der Waals surface area contributed by atoms with E-state index in [1.54, 1.807) is 31.2 Å². The lowest BCUT2D eigenvalue weighted by Crippen LogP contribution is -2.35. The molecule has 1 aliphatic rings. The zero-order chi connectivity index (χ0) is 30.8. The molecule has 0 aliphatic carbocycles. The predicted molar refractivity (Wildman–Crippen MR) is 171 cm³/mol. The summed E-state index contributed by atoms with van der Waals surface area (Å²) in [6, 6.07) is 21.2. The zero-order valence-electron chi connectivity index (χ0n) is 24.8. The highest BCUT2D eigenvalue weighted by molar-refractivity contribution is 7.89. The number of piperidine rings is 1. The number of nitrogen functional groups attached to an aromatic ring is 1. The van der Waals surface area contributed by atoms with Crippen molar-refractivity contribution in [3.63, 3.8) is 0 Å². The molecule has 0 radical (unpaired) electrons. The van der Waals surface area contributed by atoms with Crippen molar-refractivity contribution in [3.8, 4) is 17.2 Å². The van der Waals surface area contributed by atoms with Gasteiger partial charge >= 0.3 is 0 Å². The summed E-state index contributed by atoms with van der Waals surface area (Å²) in [5, 5.41) is 3.05. The standard InChI is InChI=1S/C24H28N4O4S.C8H11NO/c1-3-32-23-10-6-5-9-22(23)25-17-21-18(2)26-28(24(21)29)19-11-13-20(14-12-19)33(30,31)27-15-7-4-8-16-27;1-2-10-8-6-4-3-5-7(8)9/h5-6,9-14,17,26H,3-4,7-8,15-16H2,1-2H3;3-6H,2,9H2,1H3. The molecule has 228 valence electrons. The van der Waals surface area contributed by atoms with E-state index in [0.29, 0.717) is 60.4 Å². The molecule has 10 nitrogen and oxygen atoms in total. The van der Waals surface area contributed by atoms with Gasteiger partial charge in [0.2, 0.25) is 10.0 Å². The van der Waals surface area contributed by atoms with Crippen LogP contribution in [-0.2, 0) is 10.0 Å². The van der Waals surface area contributed by atoms with Gasteiger partial charge in [-0.3, -0.25) is 14.9 Å². The van der Waals surface area contributed by atoms with Gasteiger partial charge in [0.25, 0.3) is 5.56 Å². The maximum atomic E-state index is 13.0. The number of hydrogen-bond donors (Lipinski definition) is 2. The normalized spacial score (nSPS) is 13.8. The molecule has 0 saturated carbocycles. The van der Waals surface area contributed by atoms with Gasteiger partial charge in [-0.05, 0) is 82.1 Å². The number of benzene rings is 3. The van der Waals surface area contributed by atoms with E-state index < -0.39 is 10.0 Å². The number of aryl methyl sites for hydroxylation is 1. The minimum Gasteiger partial charge on any atom is -0.492 e. The molecule has 2 heterocycles. The predicted octanol–water partition coefficient (Wildman–Crippen LogP) is 5.47. The molecular weight excluding hydrogens is 566 g/mol. The van der Waals surface area contributed by atoms with Gasteiger partial charge in [-0.2, -0.15) is 4.31 Å². The van der Waals surface area contributed by atoms with Crippen LogP contribution in [0.25, 0.3) is 5.69 Å². The third-order valence-electron chi connectivity index (χ3n) is 6.88. The van der Waals surface area contributed by atoms with Gasteiger partial charge in [-0.15, -0.1) is 0 Å². The highest BCUT2D eigenvalue weighted by Gasteiger charge is 2.26. The summed E-state index contributed by atoms with van der Waals surface area (Å²) in [6.07, 6.45) is 4.35. The number of nitrogens with two attached hydrogens (primary N) is 1. The van der Waals surface area contributed by atoms with Gasteiger partial charge < -0.3 is 15.2 Å². The number of para-hydroxylation sites is 4.